The van der Waals surface area contributed by atoms with Crippen molar-refractivity contribution in [2.75, 3.05) is 0 Å². The minimum Gasteiger partial charge on any atom is -0.384 e. The maximum atomic E-state index is 10.8. The summed E-state index contributed by atoms with van der Waals surface area (Å²) in [6.45, 7) is 1.32. The van der Waals surface area contributed by atoms with Crippen LogP contribution in [-0.2, 0) is 18.0 Å². The Morgan fingerprint density at radius 3 is 2.62 bits per heavy atom. The standard InChI is InChI=1S/C19H16O2/c20-19(14-8-9-15-11-21-12-16(15)10-14)18-7-3-5-13-4-1-2-6-17(13)18/h1-10,19-20H,11-12H2. The van der Waals surface area contributed by atoms with Crippen LogP contribution in [0.3, 0.4) is 0 Å². The maximum absolute atomic E-state index is 10.8. The van der Waals surface area contributed by atoms with Gasteiger partial charge >= 0.3 is 0 Å². The molecule has 1 heterocycles. The average molecular weight is 276 g/mol. The van der Waals surface area contributed by atoms with Gasteiger partial charge in [-0.1, -0.05) is 60.7 Å². The average Bonchev–Trinajstić information content (AvgIpc) is 3.01. The van der Waals surface area contributed by atoms with Gasteiger partial charge in [-0.3, -0.25) is 0 Å². The van der Waals surface area contributed by atoms with Crippen LogP contribution in [0.25, 0.3) is 10.8 Å². The third-order valence-electron chi connectivity index (χ3n) is 4.18. The van der Waals surface area contributed by atoms with E-state index in [1.807, 2.05) is 30.3 Å². The van der Waals surface area contributed by atoms with Crippen molar-refractivity contribution >= 4 is 10.8 Å². The van der Waals surface area contributed by atoms with Gasteiger partial charge in [-0.2, -0.15) is 0 Å². The highest BCUT2D eigenvalue weighted by Crippen LogP contribution is 2.31. The number of ether oxygens (including phenoxy) is 1. The molecular formula is C19H16O2. The van der Waals surface area contributed by atoms with Crippen LogP contribution < -0.4 is 0 Å². The largest absolute Gasteiger partial charge is 0.384 e. The van der Waals surface area contributed by atoms with Crippen LogP contribution in [0, 0.1) is 0 Å². The van der Waals surface area contributed by atoms with Crippen molar-refractivity contribution in [2.45, 2.75) is 19.3 Å². The van der Waals surface area contributed by atoms with Gasteiger partial charge < -0.3 is 9.84 Å². The molecule has 0 aromatic heterocycles. The van der Waals surface area contributed by atoms with Gasteiger partial charge in [0.2, 0.25) is 0 Å². The molecule has 3 aromatic rings. The lowest BCUT2D eigenvalue weighted by Crippen LogP contribution is -2.01. The summed E-state index contributed by atoms with van der Waals surface area (Å²) >= 11 is 0. The highest BCUT2D eigenvalue weighted by molar-refractivity contribution is 5.86. The van der Waals surface area contributed by atoms with Gasteiger partial charge in [-0.05, 0) is 33.0 Å². The molecule has 0 aliphatic carbocycles. The molecule has 0 saturated carbocycles. The van der Waals surface area contributed by atoms with Crippen LogP contribution in [0.5, 0.6) is 0 Å². The number of aliphatic hydroxyl groups is 1. The number of fused-ring (bicyclic) bond motifs is 2. The first-order valence-electron chi connectivity index (χ1n) is 7.18. The molecule has 104 valence electrons. The lowest BCUT2D eigenvalue weighted by molar-refractivity contribution is 0.134. The third kappa shape index (κ3) is 2.13. The van der Waals surface area contributed by atoms with E-state index in [0.29, 0.717) is 13.2 Å². The van der Waals surface area contributed by atoms with Crippen LogP contribution in [0.4, 0.5) is 0 Å². The molecule has 1 N–H and O–H groups in total. The molecule has 0 radical (unpaired) electrons. The minimum atomic E-state index is -0.609. The lowest BCUT2D eigenvalue weighted by atomic mass is 9.94. The number of hydrogen-bond donors (Lipinski definition) is 1. The van der Waals surface area contributed by atoms with Crippen molar-refractivity contribution in [1.82, 2.24) is 0 Å². The summed E-state index contributed by atoms with van der Waals surface area (Å²) in [6.07, 6.45) is -0.609. The molecule has 0 saturated heterocycles. The number of benzene rings is 3. The Labute approximate surface area is 123 Å². The van der Waals surface area contributed by atoms with Gasteiger partial charge in [0.25, 0.3) is 0 Å². The summed E-state index contributed by atoms with van der Waals surface area (Å²) in [5.41, 5.74) is 4.29. The van der Waals surface area contributed by atoms with Crippen LogP contribution >= 0.6 is 0 Å². The Morgan fingerprint density at radius 1 is 0.857 bits per heavy atom. The predicted molar refractivity (Wildman–Crippen MR) is 82.9 cm³/mol. The van der Waals surface area contributed by atoms with Crippen molar-refractivity contribution < 1.29 is 9.84 Å². The molecule has 0 amide bonds. The van der Waals surface area contributed by atoms with E-state index in [4.69, 9.17) is 4.74 Å². The van der Waals surface area contributed by atoms with Gasteiger partial charge in [0.1, 0.15) is 6.10 Å². The third-order valence-corrected chi connectivity index (χ3v) is 4.18. The van der Waals surface area contributed by atoms with E-state index in [9.17, 15) is 5.11 Å². The van der Waals surface area contributed by atoms with Gasteiger partial charge in [0.15, 0.2) is 0 Å². The Bertz CT molecular complexity index is 802. The Morgan fingerprint density at radius 2 is 1.67 bits per heavy atom. The van der Waals surface area contributed by atoms with E-state index >= 15 is 0 Å². The van der Waals surface area contributed by atoms with Crippen molar-refractivity contribution in [3.63, 3.8) is 0 Å². The highest BCUT2D eigenvalue weighted by Gasteiger charge is 2.17. The zero-order valence-electron chi connectivity index (χ0n) is 11.6. The van der Waals surface area contributed by atoms with Crippen LogP contribution in [-0.4, -0.2) is 5.11 Å². The predicted octanol–water partition coefficient (Wildman–Crippen LogP) is 3.95. The lowest BCUT2D eigenvalue weighted by Gasteiger charge is -2.15. The summed E-state index contributed by atoms with van der Waals surface area (Å²) in [6, 6.07) is 20.4. The second kappa shape index (κ2) is 4.99. The van der Waals surface area contributed by atoms with Crippen molar-refractivity contribution in [3.8, 4) is 0 Å². The molecule has 3 aromatic carbocycles. The van der Waals surface area contributed by atoms with E-state index < -0.39 is 6.10 Å². The van der Waals surface area contributed by atoms with E-state index in [2.05, 4.69) is 30.3 Å². The SMILES string of the molecule is OC(c1ccc2c(c1)COC2)c1cccc2ccccc12. The fourth-order valence-corrected chi connectivity index (χ4v) is 3.03. The molecule has 1 atom stereocenters. The van der Waals surface area contributed by atoms with Gasteiger partial charge in [-0.25, -0.2) is 0 Å². The molecule has 21 heavy (non-hydrogen) atoms. The smallest absolute Gasteiger partial charge is 0.105 e. The first kappa shape index (κ1) is 12.6. The van der Waals surface area contributed by atoms with E-state index in [0.717, 1.165) is 21.9 Å². The quantitative estimate of drug-likeness (QED) is 0.768. The molecule has 0 spiro atoms. The first-order chi connectivity index (χ1) is 10.3. The molecule has 0 fully saturated rings. The molecular weight excluding hydrogens is 260 g/mol. The van der Waals surface area contributed by atoms with E-state index in [1.165, 1.54) is 11.1 Å². The molecule has 1 aliphatic rings. The van der Waals surface area contributed by atoms with E-state index in [1.54, 1.807) is 0 Å². The first-order valence-corrected chi connectivity index (χ1v) is 7.18. The topological polar surface area (TPSA) is 29.5 Å². The molecule has 4 rings (SSSR count). The van der Waals surface area contributed by atoms with Crippen molar-refractivity contribution in [2.24, 2.45) is 0 Å². The fraction of sp³-hybridized carbons (Fsp3) is 0.158. The summed E-state index contributed by atoms with van der Waals surface area (Å²) in [4.78, 5) is 0. The fourth-order valence-electron chi connectivity index (χ4n) is 3.03. The molecule has 1 aliphatic heterocycles. The zero-order valence-corrected chi connectivity index (χ0v) is 11.6. The maximum Gasteiger partial charge on any atom is 0.105 e. The Hall–Kier alpha value is -2.16. The number of rotatable bonds is 2. The van der Waals surface area contributed by atoms with Crippen LogP contribution in [0.2, 0.25) is 0 Å². The molecule has 2 nitrogen and oxygen atoms in total. The monoisotopic (exact) mass is 276 g/mol. The second-order valence-electron chi connectivity index (χ2n) is 5.49. The van der Waals surface area contributed by atoms with Crippen LogP contribution in [0.15, 0.2) is 60.7 Å². The van der Waals surface area contributed by atoms with Crippen molar-refractivity contribution in [1.29, 1.82) is 0 Å². The van der Waals surface area contributed by atoms with Gasteiger partial charge in [-0.15, -0.1) is 0 Å². The molecule has 1 unspecified atom stereocenters. The van der Waals surface area contributed by atoms with Gasteiger partial charge in [0.05, 0.1) is 13.2 Å². The summed E-state index contributed by atoms with van der Waals surface area (Å²) in [5.74, 6) is 0. The summed E-state index contributed by atoms with van der Waals surface area (Å²) in [5, 5.41) is 13.0. The number of aliphatic hydroxyl groups excluding tert-OH is 1. The molecule has 2 heteroatoms. The zero-order chi connectivity index (χ0) is 14.2. The Kier molecular flexibility index (Phi) is 2.99. The summed E-state index contributed by atoms with van der Waals surface area (Å²) in [7, 11) is 0. The Balaban J connectivity index is 1.81. The normalized spacial score (nSPS) is 15.1. The van der Waals surface area contributed by atoms with Crippen molar-refractivity contribution in [3.05, 3.63) is 82.9 Å². The minimum absolute atomic E-state index is 0.609. The highest BCUT2D eigenvalue weighted by atomic mass is 16.5. The molecule has 0 bridgehead atoms. The van der Waals surface area contributed by atoms with Crippen LogP contribution in [0.1, 0.15) is 28.4 Å². The second-order valence-corrected chi connectivity index (χ2v) is 5.49. The number of hydrogen-bond acceptors (Lipinski definition) is 2. The van der Waals surface area contributed by atoms with E-state index in [-0.39, 0.29) is 0 Å². The van der Waals surface area contributed by atoms with Gasteiger partial charge in [0, 0.05) is 0 Å². The summed E-state index contributed by atoms with van der Waals surface area (Å²) < 4.78 is 5.44.